The Kier molecular flexibility index (Phi) is 7.96. The molecule has 7 nitrogen and oxygen atoms in total. The van der Waals surface area contributed by atoms with E-state index in [1.54, 1.807) is 0 Å². The molecule has 3 rings (SSSR count). The number of carbonyl (C=O) groups is 1. The maximum Gasteiger partial charge on any atom is 0.252 e. The van der Waals surface area contributed by atoms with Crippen molar-refractivity contribution < 1.29 is 17.9 Å². The van der Waals surface area contributed by atoms with E-state index in [9.17, 15) is 13.2 Å². The molecule has 0 bridgehead atoms. The van der Waals surface area contributed by atoms with E-state index < -0.39 is 15.9 Å². The van der Waals surface area contributed by atoms with Gasteiger partial charge in [-0.3, -0.25) is 9.69 Å². The number of nitrogens with one attached hydrogen (secondary N) is 1. The first kappa shape index (κ1) is 24.0. The molecule has 1 aliphatic rings. The second kappa shape index (κ2) is 10.3. The lowest BCUT2D eigenvalue weighted by Gasteiger charge is -2.35. The minimum atomic E-state index is -3.83. The van der Waals surface area contributed by atoms with E-state index in [-0.39, 0.29) is 26.5 Å². The highest BCUT2D eigenvalue weighted by Gasteiger charge is 2.26. The monoisotopic (exact) mass is 485 g/mol. The summed E-state index contributed by atoms with van der Waals surface area (Å²) < 4.78 is 31.6. The van der Waals surface area contributed by atoms with Gasteiger partial charge in [-0.1, -0.05) is 53.5 Å². The van der Waals surface area contributed by atoms with E-state index in [4.69, 9.17) is 27.9 Å². The number of rotatable bonds is 7. The third-order valence-electron chi connectivity index (χ3n) is 5.15. The van der Waals surface area contributed by atoms with Gasteiger partial charge in [0.2, 0.25) is 10.0 Å². The SMILES string of the molecule is CN(C)S(=O)(=O)c1cc(C(=O)NC[C@@H](c2ccccc2)N2CCOCC2)c(Cl)cc1Cl. The molecule has 1 atom stereocenters. The number of nitrogens with zero attached hydrogens (tertiary/aromatic N) is 2. The van der Waals surface area contributed by atoms with Crippen LogP contribution in [0.2, 0.25) is 10.0 Å². The third-order valence-corrected chi connectivity index (χ3v) is 7.74. The fraction of sp³-hybridized carbons (Fsp3) is 0.381. The number of hydrogen-bond acceptors (Lipinski definition) is 5. The maximum atomic E-state index is 13.0. The number of carbonyl (C=O) groups excluding carboxylic acids is 1. The highest BCUT2D eigenvalue weighted by Crippen LogP contribution is 2.30. The first-order valence-electron chi connectivity index (χ1n) is 9.78. The summed E-state index contributed by atoms with van der Waals surface area (Å²) in [7, 11) is -1.04. The molecule has 2 aromatic rings. The van der Waals surface area contributed by atoms with Gasteiger partial charge in [0.15, 0.2) is 0 Å². The molecular formula is C21H25Cl2N3O4S. The van der Waals surface area contributed by atoms with Crippen LogP contribution in [-0.2, 0) is 14.8 Å². The summed E-state index contributed by atoms with van der Waals surface area (Å²) in [6, 6.07) is 12.3. The molecule has 0 aliphatic carbocycles. The van der Waals surface area contributed by atoms with E-state index in [0.717, 1.165) is 23.0 Å². The van der Waals surface area contributed by atoms with Gasteiger partial charge in [-0.25, -0.2) is 12.7 Å². The highest BCUT2D eigenvalue weighted by molar-refractivity contribution is 7.89. The van der Waals surface area contributed by atoms with Crippen LogP contribution in [0.3, 0.4) is 0 Å². The standard InChI is InChI=1S/C21H25Cl2N3O4S/c1-25(2)31(28,29)20-12-16(17(22)13-18(20)23)21(27)24-14-19(15-6-4-3-5-7-15)26-8-10-30-11-9-26/h3-7,12-13,19H,8-11,14H2,1-2H3,(H,24,27)/t19-/m0/s1. The van der Waals surface area contributed by atoms with Crippen molar-refractivity contribution in [2.24, 2.45) is 0 Å². The average molecular weight is 486 g/mol. The van der Waals surface area contributed by atoms with Gasteiger partial charge in [0.05, 0.1) is 34.9 Å². The zero-order valence-electron chi connectivity index (χ0n) is 17.3. The maximum absolute atomic E-state index is 13.0. The van der Waals surface area contributed by atoms with Crippen molar-refractivity contribution in [3.8, 4) is 0 Å². The molecule has 0 spiro atoms. The van der Waals surface area contributed by atoms with Gasteiger partial charge >= 0.3 is 0 Å². The van der Waals surface area contributed by atoms with Crippen molar-refractivity contribution in [1.29, 1.82) is 0 Å². The lowest BCUT2D eigenvalue weighted by molar-refractivity contribution is 0.0162. The Morgan fingerprint density at radius 2 is 1.77 bits per heavy atom. The minimum absolute atomic E-state index is 0.0364. The normalized spacial score (nSPS) is 16.3. The van der Waals surface area contributed by atoms with E-state index in [0.29, 0.717) is 19.8 Å². The van der Waals surface area contributed by atoms with E-state index >= 15 is 0 Å². The number of benzene rings is 2. The summed E-state index contributed by atoms with van der Waals surface area (Å²) in [6.07, 6.45) is 0. The predicted molar refractivity (Wildman–Crippen MR) is 121 cm³/mol. The van der Waals surface area contributed by atoms with Crippen LogP contribution in [0.15, 0.2) is 47.4 Å². The summed E-state index contributed by atoms with van der Waals surface area (Å²) in [5.74, 6) is -0.467. The molecule has 1 aliphatic heterocycles. The fourth-order valence-electron chi connectivity index (χ4n) is 3.40. The molecule has 1 amide bonds. The van der Waals surface area contributed by atoms with Gasteiger partial charge in [0, 0.05) is 33.7 Å². The van der Waals surface area contributed by atoms with Gasteiger partial charge in [0.1, 0.15) is 4.90 Å². The molecule has 0 saturated carbocycles. The van der Waals surface area contributed by atoms with Crippen LogP contribution in [0.1, 0.15) is 22.0 Å². The van der Waals surface area contributed by atoms with E-state index in [2.05, 4.69) is 10.2 Å². The second-order valence-electron chi connectivity index (χ2n) is 7.33. The topological polar surface area (TPSA) is 79.0 Å². The first-order valence-corrected chi connectivity index (χ1v) is 12.0. The molecule has 1 heterocycles. The van der Waals surface area contributed by atoms with Gasteiger partial charge in [0.25, 0.3) is 5.91 Å². The Morgan fingerprint density at radius 1 is 1.13 bits per heavy atom. The first-order chi connectivity index (χ1) is 14.7. The van der Waals surface area contributed by atoms with E-state index in [1.165, 1.54) is 26.2 Å². The van der Waals surface area contributed by atoms with Crippen LogP contribution in [0.4, 0.5) is 0 Å². The summed E-state index contributed by atoms with van der Waals surface area (Å²) in [6.45, 7) is 3.10. The van der Waals surface area contributed by atoms with Crippen molar-refractivity contribution in [3.63, 3.8) is 0 Å². The summed E-state index contributed by atoms with van der Waals surface area (Å²) >= 11 is 12.3. The molecule has 31 heavy (non-hydrogen) atoms. The van der Waals surface area contributed by atoms with Crippen LogP contribution in [-0.4, -0.2) is 70.5 Å². The lowest BCUT2D eigenvalue weighted by Crippen LogP contribution is -2.43. The largest absolute Gasteiger partial charge is 0.379 e. The van der Waals surface area contributed by atoms with Gasteiger partial charge < -0.3 is 10.1 Å². The molecule has 0 unspecified atom stereocenters. The van der Waals surface area contributed by atoms with Crippen molar-refractivity contribution in [3.05, 3.63) is 63.6 Å². The Labute approximate surface area is 192 Å². The van der Waals surface area contributed by atoms with Crippen LogP contribution < -0.4 is 5.32 Å². The minimum Gasteiger partial charge on any atom is -0.379 e. The quantitative estimate of drug-likeness (QED) is 0.651. The Bertz CT molecular complexity index is 1030. The molecule has 2 aromatic carbocycles. The molecule has 1 N–H and O–H groups in total. The molecule has 1 fully saturated rings. The number of morpholine rings is 1. The average Bonchev–Trinajstić information content (AvgIpc) is 2.75. The zero-order chi connectivity index (χ0) is 22.6. The number of ether oxygens (including phenoxy) is 1. The van der Waals surface area contributed by atoms with Gasteiger partial charge in [-0.2, -0.15) is 0 Å². The second-order valence-corrected chi connectivity index (χ2v) is 10.3. The molecular weight excluding hydrogens is 461 g/mol. The van der Waals surface area contributed by atoms with Crippen molar-refractivity contribution >= 4 is 39.1 Å². The number of halogens is 2. The van der Waals surface area contributed by atoms with Crippen molar-refractivity contribution in [2.45, 2.75) is 10.9 Å². The van der Waals surface area contributed by atoms with Crippen molar-refractivity contribution in [1.82, 2.24) is 14.5 Å². The summed E-state index contributed by atoms with van der Waals surface area (Å²) in [5, 5.41) is 2.96. The van der Waals surface area contributed by atoms with Crippen LogP contribution in [0.5, 0.6) is 0 Å². The zero-order valence-corrected chi connectivity index (χ0v) is 19.7. The van der Waals surface area contributed by atoms with Gasteiger partial charge in [-0.05, 0) is 17.7 Å². The smallest absolute Gasteiger partial charge is 0.252 e. The van der Waals surface area contributed by atoms with E-state index in [1.807, 2.05) is 30.3 Å². The van der Waals surface area contributed by atoms with Crippen LogP contribution >= 0.6 is 23.2 Å². The van der Waals surface area contributed by atoms with Crippen LogP contribution in [0, 0.1) is 0 Å². The molecule has 10 heteroatoms. The number of hydrogen-bond donors (Lipinski definition) is 1. The molecule has 168 valence electrons. The van der Waals surface area contributed by atoms with Crippen molar-refractivity contribution in [2.75, 3.05) is 46.9 Å². The third kappa shape index (κ3) is 5.58. The Hall–Kier alpha value is -1.68. The Balaban J connectivity index is 1.84. The summed E-state index contributed by atoms with van der Waals surface area (Å²) in [5.41, 5.74) is 1.13. The summed E-state index contributed by atoms with van der Waals surface area (Å²) in [4.78, 5) is 15.0. The number of sulfonamides is 1. The number of amides is 1. The fourth-order valence-corrected chi connectivity index (χ4v) is 5.13. The van der Waals surface area contributed by atoms with Crippen LogP contribution in [0.25, 0.3) is 0 Å². The van der Waals surface area contributed by atoms with Gasteiger partial charge in [-0.15, -0.1) is 0 Å². The lowest BCUT2D eigenvalue weighted by atomic mass is 10.0. The molecule has 0 radical (unpaired) electrons. The predicted octanol–water partition coefficient (Wildman–Crippen LogP) is 3.05. The molecule has 1 saturated heterocycles. The highest BCUT2D eigenvalue weighted by atomic mass is 35.5. The Morgan fingerprint density at radius 3 is 2.39 bits per heavy atom. The molecule has 0 aromatic heterocycles.